The van der Waals surface area contributed by atoms with E-state index in [1.807, 2.05) is 37.4 Å². The van der Waals surface area contributed by atoms with Crippen LogP contribution in [0.4, 0.5) is 0 Å². The molecule has 0 aliphatic carbocycles. The maximum atomic E-state index is 9.75. The molecule has 0 bridgehead atoms. The van der Waals surface area contributed by atoms with Crippen molar-refractivity contribution in [2.45, 2.75) is 19.4 Å². The first-order chi connectivity index (χ1) is 6.58. The molecular weight excluding hydrogens is 214 g/mol. The summed E-state index contributed by atoms with van der Waals surface area (Å²) in [7, 11) is 0. The van der Waals surface area contributed by atoms with Gasteiger partial charge in [0.25, 0.3) is 0 Å². The molecule has 1 fully saturated rings. The van der Waals surface area contributed by atoms with Crippen molar-refractivity contribution in [3.8, 4) is 0 Å². The SMILES string of the molecule is CC(C)(O)CN1CCSCCSCC1. The molecule has 0 atom stereocenters. The second kappa shape index (κ2) is 6.26. The Morgan fingerprint density at radius 3 is 2.00 bits per heavy atom. The highest BCUT2D eigenvalue weighted by atomic mass is 32.2. The molecule has 1 heterocycles. The number of nitrogens with zero attached hydrogens (tertiary/aromatic N) is 1. The van der Waals surface area contributed by atoms with E-state index in [2.05, 4.69) is 4.90 Å². The summed E-state index contributed by atoms with van der Waals surface area (Å²) in [6.45, 7) is 6.82. The number of β-amino-alcohol motifs (C(OH)–C–C–N with tert-alkyl or cyclic N) is 1. The Morgan fingerprint density at radius 1 is 1.07 bits per heavy atom. The highest BCUT2D eigenvalue weighted by Gasteiger charge is 2.18. The largest absolute Gasteiger partial charge is 0.389 e. The minimum absolute atomic E-state index is 0.552. The summed E-state index contributed by atoms with van der Waals surface area (Å²) in [6.07, 6.45) is 0. The zero-order valence-electron chi connectivity index (χ0n) is 9.16. The minimum Gasteiger partial charge on any atom is -0.389 e. The van der Waals surface area contributed by atoms with Gasteiger partial charge in [-0.05, 0) is 13.8 Å². The van der Waals surface area contributed by atoms with Crippen LogP contribution in [0.1, 0.15) is 13.8 Å². The van der Waals surface area contributed by atoms with E-state index in [9.17, 15) is 5.11 Å². The smallest absolute Gasteiger partial charge is 0.0718 e. The van der Waals surface area contributed by atoms with Gasteiger partial charge in [0, 0.05) is 42.6 Å². The standard InChI is InChI=1S/C10H21NOS2/c1-10(2,12)9-11-3-5-13-7-8-14-6-4-11/h12H,3-9H2,1-2H3. The van der Waals surface area contributed by atoms with Gasteiger partial charge in [0.15, 0.2) is 0 Å². The zero-order valence-corrected chi connectivity index (χ0v) is 10.8. The van der Waals surface area contributed by atoms with Crippen molar-refractivity contribution in [2.75, 3.05) is 42.6 Å². The number of hydrogen-bond acceptors (Lipinski definition) is 4. The molecule has 1 N–H and O–H groups in total. The quantitative estimate of drug-likeness (QED) is 0.784. The van der Waals surface area contributed by atoms with Gasteiger partial charge in [0.1, 0.15) is 0 Å². The zero-order chi connectivity index (χ0) is 10.4. The third-order valence-electron chi connectivity index (χ3n) is 2.09. The minimum atomic E-state index is -0.552. The summed E-state index contributed by atoms with van der Waals surface area (Å²) in [4.78, 5) is 2.38. The van der Waals surface area contributed by atoms with Gasteiger partial charge in [0.2, 0.25) is 0 Å². The molecule has 0 saturated carbocycles. The lowest BCUT2D eigenvalue weighted by Crippen LogP contribution is -2.40. The van der Waals surface area contributed by atoms with Crippen LogP contribution in [-0.2, 0) is 0 Å². The van der Waals surface area contributed by atoms with Gasteiger partial charge >= 0.3 is 0 Å². The fraction of sp³-hybridized carbons (Fsp3) is 1.00. The Balaban J connectivity index is 2.32. The molecule has 0 spiro atoms. The summed E-state index contributed by atoms with van der Waals surface area (Å²) in [5.74, 6) is 4.97. The Bertz CT molecular complexity index is 149. The summed E-state index contributed by atoms with van der Waals surface area (Å²) in [6, 6.07) is 0. The number of rotatable bonds is 2. The fourth-order valence-corrected chi connectivity index (χ4v) is 3.65. The highest BCUT2D eigenvalue weighted by molar-refractivity contribution is 8.02. The lowest BCUT2D eigenvalue weighted by Gasteiger charge is -2.28. The molecule has 0 unspecified atom stereocenters. The Kier molecular flexibility index (Phi) is 5.67. The normalized spacial score (nSPS) is 22.5. The third kappa shape index (κ3) is 6.17. The topological polar surface area (TPSA) is 23.5 Å². The lowest BCUT2D eigenvalue weighted by molar-refractivity contribution is 0.0403. The molecule has 1 aliphatic heterocycles. The number of aliphatic hydroxyl groups is 1. The van der Waals surface area contributed by atoms with Crippen LogP contribution in [0.15, 0.2) is 0 Å². The van der Waals surface area contributed by atoms with Crippen molar-refractivity contribution in [3.05, 3.63) is 0 Å². The van der Waals surface area contributed by atoms with Crippen LogP contribution in [0.25, 0.3) is 0 Å². The van der Waals surface area contributed by atoms with Crippen LogP contribution in [0.5, 0.6) is 0 Å². The summed E-state index contributed by atoms with van der Waals surface area (Å²) < 4.78 is 0. The van der Waals surface area contributed by atoms with E-state index >= 15 is 0 Å². The summed E-state index contributed by atoms with van der Waals surface area (Å²) >= 11 is 4.06. The summed E-state index contributed by atoms with van der Waals surface area (Å²) in [5.41, 5.74) is -0.552. The molecule has 2 nitrogen and oxygen atoms in total. The maximum Gasteiger partial charge on any atom is 0.0718 e. The van der Waals surface area contributed by atoms with E-state index < -0.39 is 5.60 Å². The molecule has 1 rings (SSSR count). The van der Waals surface area contributed by atoms with Crippen LogP contribution in [0.2, 0.25) is 0 Å². The second-order valence-corrected chi connectivity index (χ2v) is 6.76. The van der Waals surface area contributed by atoms with Gasteiger partial charge in [-0.15, -0.1) is 0 Å². The summed E-state index contributed by atoms with van der Waals surface area (Å²) in [5, 5.41) is 9.75. The third-order valence-corrected chi connectivity index (χ3v) is 4.27. The lowest BCUT2D eigenvalue weighted by atomic mass is 10.1. The van der Waals surface area contributed by atoms with Crippen LogP contribution in [0.3, 0.4) is 0 Å². The first-order valence-corrected chi connectivity index (χ1v) is 7.49. The maximum absolute atomic E-state index is 9.75. The molecule has 14 heavy (non-hydrogen) atoms. The van der Waals surface area contributed by atoms with E-state index in [-0.39, 0.29) is 0 Å². The van der Waals surface area contributed by atoms with Crippen molar-refractivity contribution in [1.29, 1.82) is 0 Å². The van der Waals surface area contributed by atoms with E-state index in [1.54, 1.807) is 0 Å². The van der Waals surface area contributed by atoms with Crippen molar-refractivity contribution < 1.29 is 5.11 Å². The van der Waals surface area contributed by atoms with Crippen molar-refractivity contribution in [1.82, 2.24) is 4.90 Å². The number of thioether (sulfide) groups is 2. The molecule has 0 radical (unpaired) electrons. The van der Waals surface area contributed by atoms with E-state index in [1.165, 1.54) is 23.0 Å². The average molecular weight is 235 g/mol. The van der Waals surface area contributed by atoms with Gasteiger partial charge in [-0.25, -0.2) is 0 Å². The van der Waals surface area contributed by atoms with Gasteiger partial charge < -0.3 is 5.11 Å². The highest BCUT2D eigenvalue weighted by Crippen LogP contribution is 2.13. The van der Waals surface area contributed by atoms with Gasteiger partial charge in [-0.3, -0.25) is 4.90 Å². The fourth-order valence-electron chi connectivity index (χ4n) is 1.53. The first-order valence-electron chi connectivity index (χ1n) is 5.18. The molecule has 0 aromatic carbocycles. The first kappa shape index (κ1) is 12.7. The molecule has 1 saturated heterocycles. The molecule has 0 amide bonds. The average Bonchev–Trinajstić information content (AvgIpc) is 2.15. The Morgan fingerprint density at radius 2 is 1.57 bits per heavy atom. The van der Waals surface area contributed by atoms with Gasteiger partial charge in [-0.1, -0.05) is 0 Å². The van der Waals surface area contributed by atoms with Crippen LogP contribution in [0, 0.1) is 0 Å². The van der Waals surface area contributed by atoms with Crippen LogP contribution in [-0.4, -0.2) is 58.3 Å². The monoisotopic (exact) mass is 235 g/mol. The van der Waals surface area contributed by atoms with E-state index in [0.29, 0.717) is 0 Å². The van der Waals surface area contributed by atoms with Crippen LogP contribution >= 0.6 is 23.5 Å². The molecule has 1 aliphatic rings. The van der Waals surface area contributed by atoms with Gasteiger partial charge in [-0.2, -0.15) is 23.5 Å². The predicted molar refractivity (Wildman–Crippen MR) is 67.4 cm³/mol. The Labute approximate surface area is 95.8 Å². The van der Waals surface area contributed by atoms with Crippen molar-refractivity contribution in [3.63, 3.8) is 0 Å². The van der Waals surface area contributed by atoms with Crippen LogP contribution < -0.4 is 0 Å². The Hall–Kier alpha value is 0.620. The molecule has 4 heteroatoms. The number of hydrogen-bond donors (Lipinski definition) is 1. The molecular formula is C10H21NOS2. The van der Waals surface area contributed by atoms with Crippen molar-refractivity contribution >= 4 is 23.5 Å². The molecule has 0 aromatic rings. The molecule has 84 valence electrons. The molecule has 0 aromatic heterocycles. The van der Waals surface area contributed by atoms with E-state index in [0.717, 1.165) is 19.6 Å². The predicted octanol–water partition coefficient (Wildman–Crippen LogP) is 1.54. The second-order valence-electron chi connectivity index (χ2n) is 4.31. The van der Waals surface area contributed by atoms with E-state index in [4.69, 9.17) is 0 Å². The van der Waals surface area contributed by atoms with Gasteiger partial charge in [0.05, 0.1) is 5.60 Å². The van der Waals surface area contributed by atoms with Crippen molar-refractivity contribution in [2.24, 2.45) is 0 Å².